The van der Waals surface area contributed by atoms with Crippen LogP contribution in [0.4, 0.5) is 0 Å². The standard InChI is InChI=1S/C10H15NO2/c1-8-6-10(13-11-8)7-12-9-4-2-3-5-9/h6,9H,2-5,7H2,1H3. The fourth-order valence-corrected chi connectivity index (χ4v) is 1.74. The molecule has 1 aromatic rings. The van der Waals surface area contributed by atoms with E-state index in [9.17, 15) is 0 Å². The van der Waals surface area contributed by atoms with E-state index >= 15 is 0 Å². The zero-order chi connectivity index (χ0) is 9.10. The van der Waals surface area contributed by atoms with Gasteiger partial charge in [0.25, 0.3) is 0 Å². The number of nitrogens with zero attached hydrogens (tertiary/aromatic N) is 1. The smallest absolute Gasteiger partial charge is 0.162 e. The van der Waals surface area contributed by atoms with Crippen molar-refractivity contribution < 1.29 is 9.26 Å². The molecule has 0 radical (unpaired) electrons. The molecule has 0 amide bonds. The zero-order valence-corrected chi connectivity index (χ0v) is 7.95. The molecule has 1 aromatic heterocycles. The summed E-state index contributed by atoms with van der Waals surface area (Å²) in [6, 6.07) is 1.93. The maximum Gasteiger partial charge on any atom is 0.162 e. The minimum Gasteiger partial charge on any atom is -0.370 e. The van der Waals surface area contributed by atoms with Gasteiger partial charge in [0.1, 0.15) is 6.61 Å². The summed E-state index contributed by atoms with van der Waals surface area (Å²) in [6.07, 6.45) is 5.46. The molecule has 0 aromatic carbocycles. The molecule has 1 fully saturated rings. The predicted molar refractivity (Wildman–Crippen MR) is 48.3 cm³/mol. The highest BCUT2D eigenvalue weighted by atomic mass is 16.5. The molecular weight excluding hydrogens is 166 g/mol. The average Bonchev–Trinajstić information content (AvgIpc) is 2.71. The minimum absolute atomic E-state index is 0.449. The third-order valence-corrected chi connectivity index (χ3v) is 2.44. The minimum atomic E-state index is 0.449. The molecule has 0 atom stereocenters. The van der Waals surface area contributed by atoms with E-state index in [-0.39, 0.29) is 0 Å². The zero-order valence-electron chi connectivity index (χ0n) is 7.95. The first-order chi connectivity index (χ1) is 6.34. The number of aromatic nitrogens is 1. The van der Waals surface area contributed by atoms with Crippen molar-refractivity contribution in [1.82, 2.24) is 5.16 Å². The summed E-state index contributed by atoms with van der Waals surface area (Å²) in [5.74, 6) is 0.837. The first-order valence-corrected chi connectivity index (χ1v) is 4.88. The lowest BCUT2D eigenvalue weighted by Crippen LogP contribution is -2.06. The van der Waals surface area contributed by atoms with Gasteiger partial charge in [0.05, 0.1) is 11.8 Å². The Balaban J connectivity index is 1.78. The summed E-state index contributed by atoms with van der Waals surface area (Å²) >= 11 is 0. The van der Waals surface area contributed by atoms with E-state index in [0.717, 1.165) is 11.5 Å². The van der Waals surface area contributed by atoms with Crippen molar-refractivity contribution in [2.75, 3.05) is 0 Å². The Morgan fingerprint density at radius 1 is 1.54 bits per heavy atom. The quantitative estimate of drug-likeness (QED) is 0.718. The SMILES string of the molecule is Cc1cc(COC2CCCC2)on1. The molecule has 1 heterocycles. The maximum absolute atomic E-state index is 5.67. The van der Waals surface area contributed by atoms with Gasteiger partial charge in [-0.2, -0.15) is 0 Å². The lowest BCUT2D eigenvalue weighted by molar-refractivity contribution is 0.0330. The topological polar surface area (TPSA) is 35.3 Å². The highest BCUT2D eigenvalue weighted by Gasteiger charge is 2.15. The number of hydrogen-bond acceptors (Lipinski definition) is 3. The van der Waals surface area contributed by atoms with Crippen LogP contribution < -0.4 is 0 Å². The molecule has 13 heavy (non-hydrogen) atoms. The summed E-state index contributed by atoms with van der Waals surface area (Å²) in [5, 5.41) is 3.81. The number of aryl methyl sites for hydroxylation is 1. The van der Waals surface area contributed by atoms with E-state index in [1.807, 2.05) is 13.0 Å². The van der Waals surface area contributed by atoms with Gasteiger partial charge in [0, 0.05) is 6.07 Å². The van der Waals surface area contributed by atoms with E-state index in [2.05, 4.69) is 5.16 Å². The van der Waals surface area contributed by atoms with Crippen molar-refractivity contribution in [3.8, 4) is 0 Å². The van der Waals surface area contributed by atoms with Crippen LogP contribution >= 0.6 is 0 Å². The van der Waals surface area contributed by atoms with Crippen molar-refractivity contribution in [3.05, 3.63) is 17.5 Å². The summed E-state index contributed by atoms with van der Waals surface area (Å²) in [4.78, 5) is 0. The van der Waals surface area contributed by atoms with Gasteiger partial charge in [-0.1, -0.05) is 18.0 Å². The fourth-order valence-electron chi connectivity index (χ4n) is 1.74. The van der Waals surface area contributed by atoms with Gasteiger partial charge >= 0.3 is 0 Å². The molecule has 0 saturated heterocycles. The predicted octanol–water partition coefficient (Wildman–Crippen LogP) is 2.44. The van der Waals surface area contributed by atoms with Crippen LogP contribution in [0.2, 0.25) is 0 Å². The number of hydrogen-bond donors (Lipinski definition) is 0. The molecule has 0 spiro atoms. The Morgan fingerprint density at radius 2 is 2.31 bits per heavy atom. The van der Waals surface area contributed by atoms with Crippen molar-refractivity contribution in [3.63, 3.8) is 0 Å². The molecule has 3 nitrogen and oxygen atoms in total. The van der Waals surface area contributed by atoms with Gasteiger partial charge in [-0.15, -0.1) is 0 Å². The first kappa shape index (κ1) is 8.75. The van der Waals surface area contributed by atoms with E-state index in [4.69, 9.17) is 9.26 Å². The third kappa shape index (κ3) is 2.31. The normalized spacial score (nSPS) is 18.2. The number of rotatable bonds is 3. The fraction of sp³-hybridized carbons (Fsp3) is 0.700. The van der Waals surface area contributed by atoms with Gasteiger partial charge in [-0.3, -0.25) is 0 Å². The monoisotopic (exact) mass is 181 g/mol. The second-order valence-electron chi connectivity index (χ2n) is 3.65. The maximum atomic E-state index is 5.67. The second kappa shape index (κ2) is 3.92. The summed E-state index contributed by atoms with van der Waals surface area (Å²) < 4.78 is 10.7. The molecule has 0 aliphatic heterocycles. The van der Waals surface area contributed by atoms with E-state index < -0.39 is 0 Å². The molecule has 1 aliphatic rings. The highest BCUT2D eigenvalue weighted by Crippen LogP contribution is 2.22. The van der Waals surface area contributed by atoms with Gasteiger partial charge in [-0.25, -0.2) is 0 Å². The Kier molecular flexibility index (Phi) is 2.64. The van der Waals surface area contributed by atoms with Crippen LogP contribution in [0.3, 0.4) is 0 Å². The van der Waals surface area contributed by atoms with E-state index in [0.29, 0.717) is 12.7 Å². The van der Waals surface area contributed by atoms with Crippen LogP contribution in [0, 0.1) is 6.92 Å². The Morgan fingerprint density at radius 3 is 2.92 bits per heavy atom. The second-order valence-corrected chi connectivity index (χ2v) is 3.65. The molecule has 72 valence electrons. The van der Waals surface area contributed by atoms with Gasteiger partial charge in [0.15, 0.2) is 5.76 Å². The molecule has 1 saturated carbocycles. The van der Waals surface area contributed by atoms with E-state index in [1.165, 1.54) is 25.7 Å². The molecule has 0 N–H and O–H groups in total. The van der Waals surface area contributed by atoms with Crippen molar-refractivity contribution in [2.24, 2.45) is 0 Å². The lowest BCUT2D eigenvalue weighted by Gasteiger charge is -2.08. The molecular formula is C10H15NO2. The lowest BCUT2D eigenvalue weighted by atomic mass is 10.3. The highest BCUT2D eigenvalue weighted by molar-refractivity contribution is 5.01. The van der Waals surface area contributed by atoms with Crippen LogP contribution in [0.15, 0.2) is 10.6 Å². The molecule has 3 heteroatoms. The van der Waals surface area contributed by atoms with Crippen molar-refractivity contribution >= 4 is 0 Å². The molecule has 2 rings (SSSR count). The summed E-state index contributed by atoms with van der Waals surface area (Å²) in [7, 11) is 0. The van der Waals surface area contributed by atoms with Gasteiger partial charge in [-0.05, 0) is 19.8 Å². The van der Waals surface area contributed by atoms with Gasteiger partial charge in [0.2, 0.25) is 0 Å². The van der Waals surface area contributed by atoms with Gasteiger partial charge < -0.3 is 9.26 Å². The van der Waals surface area contributed by atoms with Crippen LogP contribution in [-0.4, -0.2) is 11.3 Å². The Bertz CT molecular complexity index is 264. The Hall–Kier alpha value is -0.830. The third-order valence-electron chi connectivity index (χ3n) is 2.44. The Labute approximate surface area is 78.1 Å². The molecule has 0 bridgehead atoms. The average molecular weight is 181 g/mol. The van der Waals surface area contributed by atoms with Crippen LogP contribution in [-0.2, 0) is 11.3 Å². The molecule has 1 aliphatic carbocycles. The summed E-state index contributed by atoms with van der Waals surface area (Å²) in [5.41, 5.74) is 0.921. The van der Waals surface area contributed by atoms with E-state index in [1.54, 1.807) is 0 Å². The summed E-state index contributed by atoms with van der Waals surface area (Å²) in [6.45, 7) is 2.49. The first-order valence-electron chi connectivity index (χ1n) is 4.88. The molecule has 0 unspecified atom stereocenters. The van der Waals surface area contributed by atoms with Crippen LogP contribution in [0.25, 0.3) is 0 Å². The van der Waals surface area contributed by atoms with Crippen molar-refractivity contribution in [1.29, 1.82) is 0 Å². The van der Waals surface area contributed by atoms with Crippen LogP contribution in [0.5, 0.6) is 0 Å². The largest absolute Gasteiger partial charge is 0.370 e. The number of ether oxygens (including phenoxy) is 1. The van der Waals surface area contributed by atoms with Crippen molar-refractivity contribution in [2.45, 2.75) is 45.3 Å². The van der Waals surface area contributed by atoms with Crippen LogP contribution in [0.1, 0.15) is 37.1 Å².